The summed E-state index contributed by atoms with van der Waals surface area (Å²) in [5.41, 5.74) is 0. The van der Waals surface area contributed by atoms with Gasteiger partial charge in [-0.05, 0) is 12.8 Å². The van der Waals surface area contributed by atoms with Crippen molar-refractivity contribution in [1.29, 1.82) is 0 Å². The quantitative estimate of drug-likeness (QED) is 0.673. The van der Waals surface area contributed by atoms with Gasteiger partial charge in [-0.15, -0.1) is 0 Å². The highest BCUT2D eigenvalue weighted by molar-refractivity contribution is 4.69. The lowest BCUT2D eigenvalue weighted by Gasteiger charge is -2.19. The van der Waals surface area contributed by atoms with Crippen LogP contribution in [0.3, 0.4) is 0 Å². The molecule has 0 aromatic carbocycles. The molecule has 0 spiro atoms. The van der Waals surface area contributed by atoms with Crippen LogP contribution in [0.25, 0.3) is 0 Å². The fourth-order valence-corrected chi connectivity index (χ4v) is 0.576. The molecule has 0 rings (SSSR count). The lowest BCUT2D eigenvalue weighted by atomic mass is 10.1. The second kappa shape index (κ2) is 4.00. The van der Waals surface area contributed by atoms with E-state index in [1.54, 1.807) is 0 Å². The lowest BCUT2D eigenvalue weighted by Crippen LogP contribution is -2.38. The Kier molecular flexibility index (Phi) is 3.93. The summed E-state index contributed by atoms with van der Waals surface area (Å²) in [4.78, 5) is 0. The zero-order valence-electron chi connectivity index (χ0n) is 7.62. The lowest BCUT2D eigenvalue weighted by molar-refractivity contribution is 0.0190. The van der Waals surface area contributed by atoms with Gasteiger partial charge in [-0.3, -0.25) is 0 Å². The van der Waals surface area contributed by atoms with Gasteiger partial charge in [0, 0.05) is 13.0 Å². The molecule has 0 aromatic rings. The van der Waals surface area contributed by atoms with Gasteiger partial charge in [0.15, 0.2) is 0 Å². The number of alkyl halides is 2. The molecule has 0 aliphatic heterocycles. The molecule has 0 saturated heterocycles. The van der Waals surface area contributed by atoms with Crippen LogP contribution in [0.1, 0.15) is 27.7 Å². The van der Waals surface area contributed by atoms with E-state index in [4.69, 9.17) is 0 Å². The summed E-state index contributed by atoms with van der Waals surface area (Å²) in [6.07, 6.45) is 0. The highest BCUT2D eigenvalue weighted by atomic mass is 19.3. The third kappa shape index (κ3) is 6.23. The Labute approximate surface area is 67.2 Å². The Hall–Kier alpha value is -0.180. The van der Waals surface area contributed by atoms with Crippen molar-refractivity contribution in [3.8, 4) is 0 Å². The number of nitrogens with one attached hydrogen (secondary N) is 1. The van der Waals surface area contributed by atoms with E-state index >= 15 is 0 Å². The molecule has 0 unspecified atom stereocenters. The molecule has 0 aromatic heterocycles. The number of hydrogen-bond donors (Lipinski definition) is 1. The van der Waals surface area contributed by atoms with Crippen molar-refractivity contribution in [3.05, 3.63) is 0 Å². The molecule has 0 aliphatic rings. The highest BCUT2D eigenvalue weighted by Crippen LogP contribution is 2.10. The Morgan fingerprint density at radius 2 is 1.73 bits per heavy atom. The molecular formula is C8H17F2N. The van der Waals surface area contributed by atoms with E-state index in [-0.39, 0.29) is 12.6 Å². The summed E-state index contributed by atoms with van der Waals surface area (Å²) in [5, 5.41) is 2.77. The first-order valence-electron chi connectivity index (χ1n) is 3.94. The molecule has 1 nitrogen and oxygen atoms in total. The van der Waals surface area contributed by atoms with Crippen molar-refractivity contribution < 1.29 is 8.78 Å². The maximum atomic E-state index is 12.3. The van der Waals surface area contributed by atoms with E-state index in [1.807, 2.05) is 20.8 Å². The third-order valence-electron chi connectivity index (χ3n) is 1.73. The fraction of sp³-hybridized carbons (Fsp3) is 1.00. The summed E-state index contributed by atoms with van der Waals surface area (Å²) in [5.74, 6) is -2.19. The van der Waals surface area contributed by atoms with E-state index in [0.29, 0.717) is 5.92 Å². The molecule has 0 aliphatic carbocycles. The molecule has 68 valence electrons. The normalized spacial score (nSPS) is 15.5. The highest BCUT2D eigenvalue weighted by Gasteiger charge is 2.21. The van der Waals surface area contributed by atoms with Crippen molar-refractivity contribution >= 4 is 0 Å². The molecule has 0 bridgehead atoms. The van der Waals surface area contributed by atoms with Gasteiger partial charge in [-0.1, -0.05) is 13.8 Å². The van der Waals surface area contributed by atoms with E-state index in [9.17, 15) is 8.78 Å². The SMILES string of the molecule is CC(C)[C@@H](C)NCC(C)(F)F. The van der Waals surface area contributed by atoms with Gasteiger partial charge in [-0.25, -0.2) is 8.78 Å². The predicted octanol–water partition coefficient (Wildman–Crippen LogP) is 2.28. The van der Waals surface area contributed by atoms with Gasteiger partial charge >= 0.3 is 0 Å². The van der Waals surface area contributed by atoms with Crippen LogP contribution < -0.4 is 5.32 Å². The summed E-state index contributed by atoms with van der Waals surface area (Å²) in [6.45, 7) is 6.62. The van der Waals surface area contributed by atoms with Crippen LogP contribution in [-0.2, 0) is 0 Å². The molecule has 3 heteroatoms. The van der Waals surface area contributed by atoms with Crippen molar-refractivity contribution in [3.63, 3.8) is 0 Å². The average Bonchev–Trinajstić information content (AvgIpc) is 1.80. The zero-order valence-corrected chi connectivity index (χ0v) is 7.62. The largest absolute Gasteiger partial charge is 0.308 e. The molecular weight excluding hydrogens is 148 g/mol. The zero-order chi connectivity index (χ0) is 9.07. The van der Waals surface area contributed by atoms with Crippen LogP contribution in [0.2, 0.25) is 0 Å². The van der Waals surface area contributed by atoms with Crippen LogP contribution in [0.5, 0.6) is 0 Å². The van der Waals surface area contributed by atoms with Gasteiger partial charge in [0.1, 0.15) is 0 Å². The van der Waals surface area contributed by atoms with E-state index < -0.39 is 5.92 Å². The standard InChI is InChI=1S/C8H17F2N/c1-6(2)7(3)11-5-8(4,9)10/h6-7,11H,5H2,1-4H3/t7-/m1/s1. The summed E-state index contributed by atoms with van der Waals surface area (Å²) in [6, 6.07) is 0.154. The summed E-state index contributed by atoms with van der Waals surface area (Å²) < 4.78 is 24.6. The van der Waals surface area contributed by atoms with Crippen LogP contribution in [0.15, 0.2) is 0 Å². The summed E-state index contributed by atoms with van der Waals surface area (Å²) >= 11 is 0. The molecule has 0 saturated carbocycles. The van der Waals surface area contributed by atoms with Crippen LogP contribution >= 0.6 is 0 Å². The second-order valence-electron chi connectivity index (χ2n) is 3.48. The van der Waals surface area contributed by atoms with Gasteiger partial charge in [0.05, 0.1) is 6.54 Å². The van der Waals surface area contributed by atoms with Crippen molar-refractivity contribution in [1.82, 2.24) is 5.32 Å². The van der Waals surface area contributed by atoms with Gasteiger partial charge < -0.3 is 5.32 Å². The maximum absolute atomic E-state index is 12.3. The molecule has 1 atom stereocenters. The molecule has 0 amide bonds. The smallest absolute Gasteiger partial charge is 0.257 e. The Morgan fingerprint density at radius 3 is 2.00 bits per heavy atom. The average molecular weight is 165 g/mol. The first kappa shape index (κ1) is 10.8. The first-order chi connectivity index (χ1) is 4.83. The van der Waals surface area contributed by atoms with Gasteiger partial charge in [-0.2, -0.15) is 0 Å². The van der Waals surface area contributed by atoms with E-state index in [0.717, 1.165) is 6.92 Å². The molecule has 0 fully saturated rings. The maximum Gasteiger partial charge on any atom is 0.257 e. The topological polar surface area (TPSA) is 12.0 Å². The van der Waals surface area contributed by atoms with Crippen LogP contribution in [0, 0.1) is 5.92 Å². The monoisotopic (exact) mass is 165 g/mol. The molecule has 0 heterocycles. The Balaban J connectivity index is 3.54. The van der Waals surface area contributed by atoms with Crippen molar-refractivity contribution in [2.45, 2.75) is 39.7 Å². The van der Waals surface area contributed by atoms with Crippen LogP contribution in [0.4, 0.5) is 8.78 Å². The Morgan fingerprint density at radius 1 is 1.27 bits per heavy atom. The predicted molar refractivity (Wildman–Crippen MR) is 42.9 cm³/mol. The number of hydrogen-bond acceptors (Lipinski definition) is 1. The third-order valence-corrected chi connectivity index (χ3v) is 1.73. The van der Waals surface area contributed by atoms with Crippen LogP contribution in [-0.4, -0.2) is 18.5 Å². The van der Waals surface area contributed by atoms with Crippen molar-refractivity contribution in [2.75, 3.05) is 6.54 Å². The van der Waals surface area contributed by atoms with Crippen molar-refractivity contribution in [2.24, 2.45) is 5.92 Å². The number of rotatable bonds is 4. The first-order valence-corrected chi connectivity index (χ1v) is 3.94. The van der Waals surface area contributed by atoms with E-state index in [1.165, 1.54) is 0 Å². The van der Waals surface area contributed by atoms with Gasteiger partial charge in [0.25, 0.3) is 5.92 Å². The molecule has 11 heavy (non-hydrogen) atoms. The fourth-order valence-electron chi connectivity index (χ4n) is 0.576. The minimum absolute atomic E-state index is 0.154. The minimum atomic E-state index is -2.59. The molecule has 0 radical (unpaired) electrons. The molecule has 1 N–H and O–H groups in total. The Bertz CT molecular complexity index is 107. The van der Waals surface area contributed by atoms with Gasteiger partial charge in [0.2, 0.25) is 0 Å². The number of halogens is 2. The minimum Gasteiger partial charge on any atom is -0.308 e. The van der Waals surface area contributed by atoms with E-state index in [2.05, 4.69) is 5.32 Å². The summed E-state index contributed by atoms with van der Waals surface area (Å²) in [7, 11) is 0. The second-order valence-corrected chi connectivity index (χ2v) is 3.48.